The number of carbonyl (C=O) groups is 1. The molecule has 2 aromatic carbocycles. The van der Waals surface area contributed by atoms with Gasteiger partial charge in [0.1, 0.15) is 0 Å². The van der Waals surface area contributed by atoms with Gasteiger partial charge in [-0.25, -0.2) is 0 Å². The first kappa shape index (κ1) is 19.1. The number of hydrogen-bond donors (Lipinski definition) is 2. The molecule has 0 aliphatic carbocycles. The standard InChI is InChI=1S/C18H18ClIN2OS/c1-3-11(2)13-6-4-5-7-16(13)21-18(24)22-17(23)14-10-12(20)8-9-15(14)19/h4-11H,3H2,1-2H3,(H2,21,22,23,24). The monoisotopic (exact) mass is 472 g/mol. The first-order chi connectivity index (χ1) is 11.4. The third kappa shape index (κ3) is 4.91. The SMILES string of the molecule is CCC(C)c1ccccc1NC(=S)NC(=O)c1cc(I)ccc1Cl. The van der Waals surface area contributed by atoms with Crippen LogP contribution in [0.2, 0.25) is 5.02 Å². The minimum atomic E-state index is -0.322. The predicted molar refractivity (Wildman–Crippen MR) is 113 cm³/mol. The highest BCUT2D eigenvalue weighted by Gasteiger charge is 2.14. The van der Waals surface area contributed by atoms with Crippen LogP contribution in [-0.4, -0.2) is 11.0 Å². The van der Waals surface area contributed by atoms with Gasteiger partial charge in [0.2, 0.25) is 0 Å². The second kappa shape index (κ2) is 8.78. The minimum absolute atomic E-state index is 0.255. The first-order valence-corrected chi connectivity index (χ1v) is 9.45. The van der Waals surface area contributed by atoms with Crippen LogP contribution in [0.25, 0.3) is 0 Å². The number of benzene rings is 2. The van der Waals surface area contributed by atoms with Crippen LogP contribution in [0.5, 0.6) is 0 Å². The second-order valence-corrected chi connectivity index (χ2v) is 7.49. The van der Waals surface area contributed by atoms with Crippen LogP contribution < -0.4 is 10.6 Å². The fraction of sp³-hybridized carbons (Fsp3) is 0.222. The van der Waals surface area contributed by atoms with Crippen molar-refractivity contribution in [1.82, 2.24) is 5.32 Å². The Bertz CT molecular complexity index is 766. The molecule has 1 amide bonds. The molecule has 2 aromatic rings. The van der Waals surface area contributed by atoms with Crippen molar-refractivity contribution >= 4 is 63.1 Å². The van der Waals surface area contributed by atoms with E-state index in [-0.39, 0.29) is 11.0 Å². The summed E-state index contributed by atoms with van der Waals surface area (Å²) in [7, 11) is 0. The largest absolute Gasteiger partial charge is 0.332 e. The number of amides is 1. The van der Waals surface area contributed by atoms with E-state index in [1.54, 1.807) is 12.1 Å². The summed E-state index contributed by atoms with van der Waals surface area (Å²) in [6.45, 7) is 4.30. The molecule has 0 bridgehead atoms. The van der Waals surface area contributed by atoms with Crippen LogP contribution in [0.3, 0.4) is 0 Å². The van der Waals surface area contributed by atoms with Crippen molar-refractivity contribution in [3.05, 3.63) is 62.2 Å². The predicted octanol–water partition coefficient (Wildman–Crippen LogP) is 5.58. The van der Waals surface area contributed by atoms with Crippen LogP contribution in [0.1, 0.15) is 42.1 Å². The van der Waals surface area contributed by atoms with Crippen molar-refractivity contribution in [1.29, 1.82) is 0 Å². The molecule has 0 spiro atoms. The molecule has 0 saturated carbocycles. The Hall–Kier alpha value is -1.18. The molecule has 0 fully saturated rings. The zero-order valence-electron chi connectivity index (χ0n) is 13.4. The molecule has 2 rings (SSSR count). The van der Waals surface area contributed by atoms with Crippen molar-refractivity contribution in [2.75, 3.05) is 5.32 Å². The maximum Gasteiger partial charge on any atom is 0.258 e. The molecule has 1 unspecified atom stereocenters. The summed E-state index contributed by atoms with van der Waals surface area (Å²) in [6.07, 6.45) is 1.02. The van der Waals surface area contributed by atoms with Gasteiger partial charge in [-0.1, -0.05) is 43.6 Å². The van der Waals surface area contributed by atoms with Crippen LogP contribution in [0.4, 0.5) is 5.69 Å². The van der Waals surface area contributed by atoms with Gasteiger partial charge in [0.15, 0.2) is 5.11 Å². The van der Waals surface area contributed by atoms with Crippen molar-refractivity contribution in [3.63, 3.8) is 0 Å². The maximum absolute atomic E-state index is 12.4. The average Bonchev–Trinajstić information content (AvgIpc) is 2.56. The van der Waals surface area contributed by atoms with E-state index in [2.05, 4.69) is 53.1 Å². The fourth-order valence-corrected chi connectivity index (χ4v) is 3.15. The third-order valence-corrected chi connectivity index (χ3v) is 4.96. The molecule has 0 heterocycles. The Labute approximate surface area is 166 Å². The Morgan fingerprint density at radius 1 is 1.29 bits per heavy atom. The lowest BCUT2D eigenvalue weighted by Gasteiger charge is -2.17. The molecule has 24 heavy (non-hydrogen) atoms. The molecule has 0 aliphatic heterocycles. The number of thiocarbonyl (C=S) groups is 1. The number of para-hydroxylation sites is 1. The van der Waals surface area contributed by atoms with Crippen LogP contribution in [0.15, 0.2) is 42.5 Å². The number of anilines is 1. The van der Waals surface area contributed by atoms with Crippen molar-refractivity contribution < 1.29 is 4.79 Å². The van der Waals surface area contributed by atoms with Gasteiger partial charge in [0, 0.05) is 9.26 Å². The van der Waals surface area contributed by atoms with Gasteiger partial charge in [0.05, 0.1) is 10.6 Å². The quantitative estimate of drug-likeness (QED) is 0.450. The highest BCUT2D eigenvalue weighted by Crippen LogP contribution is 2.26. The number of nitrogens with one attached hydrogen (secondary N) is 2. The minimum Gasteiger partial charge on any atom is -0.332 e. The van der Waals surface area contributed by atoms with E-state index in [0.717, 1.165) is 15.7 Å². The smallest absolute Gasteiger partial charge is 0.258 e. The highest BCUT2D eigenvalue weighted by molar-refractivity contribution is 14.1. The Kier molecular flexibility index (Phi) is 7.01. The highest BCUT2D eigenvalue weighted by atomic mass is 127. The van der Waals surface area contributed by atoms with Gasteiger partial charge in [0.25, 0.3) is 5.91 Å². The molecule has 126 valence electrons. The lowest BCUT2D eigenvalue weighted by molar-refractivity contribution is 0.0978. The van der Waals surface area contributed by atoms with Gasteiger partial charge in [-0.05, 0) is 77.0 Å². The first-order valence-electron chi connectivity index (χ1n) is 7.58. The number of carbonyl (C=O) groups excluding carboxylic acids is 1. The third-order valence-electron chi connectivity index (χ3n) is 3.75. The van der Waals surface area contributed by atoms with Gasteiger partial charge in [-0.15, -0.1) is 0 Å². The number of rotatable bonds is 4. The summed E-state index contributed by atoms with van der Waals surface area (Å²) in [5.41, 5.74) is 2.48. The molecular weight excluding hydrogens is 455 g/mol. The summed E-state index contributed by atoms with van der Waals surface area (Å²) < 4.78 is 0.933. The Morgan fingerprint density at radius 3 is 2.71 bits per heavy atom. The van der Waals surface area contributed by atoms with E-state index in [1.165, 1.54) is 5.56 Å². The van der Waals surface area contributed by atoms with Crippen molar-refractivity contribution in [2.45, 2.75) is 26.2 Å². The van der Waals surface area contributed by atoms with E-state index in [0.29, 0.717) is 16.5 Å². The molecule has 0 radical (unpaired) electrons. The van der Waals surface area contributed by atoms with Crippen LogP contribution >= 0.6 is 46.4 Å². The van der Waals surface area contributed by atoms with Crippen molar-refractivity contribution in [2.24, 2.45) is 0 Å². The Balaban J connectivity index is 2.11. The Morgan fingerprint density at radius 2 is 2.00 bits per heavy atom. The van der Waals surface area contributed by atoms with Crippen molar-refractivity contribution in [3.8, 4) is 0 Å². The molecule has 6 heteroatoms. The van der Waals surface area contributed by atoms with Gasteiger partial charge >= 0.3 is 0 Å². The molecule has 3 nitrogen and oxygen atoms in total. The zero-order chi connectivity index (χ0) is 17.7. The lowest BCUT2D eigenvalue weighted by atomic mass is 9.97. The molecular formula is C18H18ClIN2OS. The molecule has 0 saturated heterocycles. The average molecular weight is 473 g/mol. The summed E-state index contributed by atoms with van der Waals surface area (Å²) >= 11 is 13.5. The number of halogens is 2. The molecule has 0 aromatic heterocycles. The summed E-state index contributed by atoms with van der Waals surface area (Å²) in [5.74, 6) is 0.0781. The van der Waals surface area contributed by atoms with E-state index < -0.39 is 0 Å². The van der Waals surface area contributed by atoms with Gasteiger partial charge < -0.3 is 5.32 Å². The van der Waals surface area contributed by atoms with E-state index in [4.69, 9.17) is 23.8 Å². The summed E-state index contributed by atoms with van der Waals surface area (Å²) in [5, 5.41) is 6.46. The second-order valence-electron chi connectivity index (χ2n) is 5.43. The zero-order valence-corrected chi connectivity index (χ0v) is 17.1. The van der Waals surface area contributed by atoms with Gasteiger partial charge in [-0.3, -0.25) is 10.1 Å². The topological polar surface area (TPSA) is 41.1 Å². The number of hydrogen-bond acceptors (Lipinski definition) is 2. The summed E-state index contributed by atoms with van der Waals surface area (Å²) in [6, 6.07) is 13.2. The lowest BCUT2D eigenvalue weighted by Crippen LogP contribution is -2.34. The van der Waals surface area contributed by atoms with Gasteiger partial charge in [-0.2, -0.15) is 0 Å². The maximum atomic E-state index is 12.4. The normalized spacial score (nSPS) is 11.7. The van der Waals surface area contributed by atoms with E-state index in [9.17, 15) is 4.79 Å². The van der Waals surface area contributed by atoms with Crippen LogP contribution in [0, 0.1) is 3.57 Å². The van der Waals surface area contributed by atoms with Crippen LogP contribution in [-0.2, 0) is 0 Å². The molecule has 1 atom stereocenters. The molecule has 2 N–H and O–H groups in total. The molecule has 0 aliphatic rings. The summed E-state index contributed by atoms with van der Waals surface area (Å²) in [4.78, 5) is 12.4. The van der Waals surface area contributed by atoms with E-state index in [1.807, 2.05) is 24.3 Å². The fourth-order valence-electron chi connectivity index (χ4n) is 2.26. The van der Waals surface area contributed by atoms with E-state index >= 15 is 0 Å².